The quantitative estimate of drug-likeness (QED) is 0.840. The number of thioether (sulfide) groups is 1. The van der Waals surface area contributed by atoms with Crippen molar-refractivity contribution in [1.29, 1.82) is 0 Å². The van der Waals surface area contributed by atoms with Gasteiger partial charge in [-0.1, -0.05) is 18.2 Å². The molecule has 0 radical (unpaired) electrons. The number of aryl methyl sites for hydroxylation is 2. The van der Waals surface area contributed by atoms with Crippen LogP contribution in [0.3, 0.4) is 0 Å². The molecule has 2 aliphatic carbocycles. The van der Waals surface area contributed by atoms with Crippen molar-refractivity contribution in [2.24, 2.45) is 17.8 Å². The molecule has 5 heteroatoms. The topological polar surface area (TPSA) is 55.1 Å². The van der Waals surface area contributed by atoms with Crippen LogP contribution in [-0.4, -0.2) is 22.2 Å². The van der Waals surface area contributed by atoms with E-state index in [4.69, 9.17) is 4.42 Å². The number of aromatic nitrogens is 1. The van der Waals surface area contributed by atoms with Crippen molar-refractivity contribution in [3.63, 3.8) is 0 Å². The number of nitrogens with one attached hydrogen (secondary N) is 1. The summed E-state index contributed by atoms with van der Waals surface area (Å²) in [4.78, 5) is 16.7. The minimum Gasteiger partial charge on any atom is -0.437 e. The van der Waals surface area contributed by atoms with Crippen LogP contribution >= 0.6 is 11.8 Å². The normalized spacial score (nSPS) is 29.5. The van der Waals surface area contributed by atoms with E-state index in [1.807, 2.05) is 20.8 Å². The maximum Gasteiger partial charge on any atom is 0.256 e. The number of nitrogens with zero attached hydrogens (tertiary/aromatic N) is 1. The molecule has 1 heterocycles. The molecule has 22 heavy (non-hydrogen) atoms. The fourth-order valence-electron chi connectivity index (χ4n) is 4.05. The SMILES string of the molecule is Cc1nc(S[C@H](C)C(=O)N[C@@H](C)[C@@H]2C[C@H]3CC[C@H]2C3)oc1C. The van der Waals surface area contributed by atoms with Crippen LogP contribution in [0.5, 0.6) is 0 Å². The predicted molar refractivity (Wildman–Crippen MR) is 87.8 cm³/mol. The minimum atomic E-state index is -0.182. The minimum absolute atomic E-state index is 0.0915. The molecular formula is C17H26N2O2S. The van der Waals surface area contributed by atoms with Crippen LogP contribution in [0.2, 0.25) is 0 Å². The van der Waals surface area contributed by atoms with Gasteiger partial charge in [0.1, 0.15) is 5.76 Å². The maximum atomic E-state index is 12.4. The molecule has 4 nitrogen and oxygen atoms in total. The lowest BCUT2D eigenvalue weighted by Gasteiger charge is -2.29. The van der Waals surface area contributed by atoms with Gasteiger partial charge in [-0.05, 0) is 64.7 Å². The van der Waals surface area contributed by atoms with Crippen LogP contribution in [0.15, 0.2) is 9.64 Å². The molecule has 2 saturated carbocycles. The highest BCUT2D eigenvalue weighted by atomic mass is 32.2. The number of carbonyl (C=O) groups is 1. The molecule has 0 aliphatic heterocycles. The fourth-order valence-corrected chi connectivity index (χ4v) is 4.89. The third kappa shape index (κ3) is 3.19. The fraction of sp³-hybridized carbons (Fsp3) is 0.765. The van der Waals surface area contributed by atoms with E-state index in [1.54, 1.807) is 0 Å². The second-order valence-corrected chi connectivity index (χ2v) is 8.31. The third-order valence-electron chi connectivity index (χ3n) is 5.46. The Bertz CT molecular complexity index is 537. The van der Waals surface area contributed by atoms with E-state index in [2.05, 4.69) is 17.2 Å². The molecule has 1 aromatic heterocycles. The highest BCUT2D eigenvalue weighted by Gasteiger charge is 2.42. The average molecular weight is 322 g/mol. The molecular weight excluding hydrogens is 296 g/mol. The molecule has 3 rings (SSSR count). The molecule has 2 bridgehead atoms. The van der Waals surface area contributed by atoms with Crippen LogP contribution in [0.1, 0.15) is 51.0 Å². The third-order valence-corrected chi connectivity index (χ3v) is 6.40. The van der Waals surface area contributed by atoms with Gasteiger partial charge in [0.15, 0.2) is 0 Å². The van der Waals surface area contributed by atoms with Gasteiger partial charge in [0.25, 0.3) is 5.22 Å². The van der Waals surface area contributed by atoms with Crippen LogP contribution in [0.4, 0.5) is 0 Å². The van der Waals surface area contributed by atoms with E-state index in [1.165, 1.54) is 37.4 Å². The van der Waals surface area contributed by atoms with Gasteiger partial charge in [0.05, 0.1) is 10.9 Å². The summed E-state index contributed by atoms with van der Waals surface area (Å²) in [5.41, 5.74) is 0.894. The molecule has 1 aromatic rings. The van der Waals surface area contributed by atoms with Gasteiger partial charge < -0.3 is 9.73 Å². The summed E-state index contributed by atoms with van der Waals surface area (Å²) >= 11 is 1.40. The summed E-state index contributed by atoms with van der Waals surface area (Å²) in [5, 5.41) is 3.63. The molecule has 0 unspecified atom stereocenters. The van der Waals surface area contributed by atoms with E-state index < -0.39 is 0 Å². The van der Waals surface area contributed by atoms with E-state index in [-0.39, 0.29) is 17.2 Å². The highest BCUT2D eigenvalue weighted by molar-refractivity contribution is 8.00. The van der Waals surface area contributed by atoms with Gasteiger partial charge in [-0.2, -0.15) is 0 Å². The summed E-state index contributed by atoms with van der Waals surface area (Å²) in [6, 6.07) is 0.277. The van der Waals surface area contributed by atoms with Crippen molar-refractivity contribution >= 4 is 17.7 Å². The average Bonchev–Trinajstić information content (AvgIpc) is 3.15. The second kappa shape index (κ2) is 6.26. The first kappa shape index (κ1) is 15.9. The molecule has 0 spiro atoms. The molecule has 2 fully saturated rings. The van der Waals surface area contributed by atoms with Crippen molar-refractivity contribution < 1.29 is 9.21 Å². The van der Waals surface area contributed by atoms with Crippen molar-refractivity contribution in [3.05, 3.63) is 11.5 Å². The lowest BCUT2D eigenvalue weighted by Crippen LogP contribution is -2.43. The molecule has 0 aromatic carbocycles. The first-order chi connectivity index (χ1) is 10.4. The van der Waals surface area contributed by atoms with Crippen LogP contribution in [-0.2, 0) is 4.79 Å². The van der Waals surface area contributed by atoms with Crippen molar-refractivity contribution in [1.82, 2.24) is 10.3 Å². The Morgan fingerprint density at radius 3 is 2.64 bits per heavy atom. The number of amides is 1. The van der Waals surface area contributed by atoms with E-state index >= 15 is 0 Å². The summed E-state index contributed by atoms with van der Waals surface area (Å²) in [6.45, 7) is 7.90. The highest BCUT2D eigenvalue weighted by Crippen LogP contribution is 2.49. The number of rotatable bonds is 5. The lowest BCUT2D eigenvalue weighted by molar-refractivity contribution is -0.121. The summed E-state index contributed by atoms with van der Waals surface area (Å²) in [6.07, 6.45) is 5.43. The predicted octanol–water partition coefficient (Wildman–Crippen LogP) is 3.71. The van der Waals surface area contributed by atoms with Gasteiger partial charge in [-0.3, -0.25) is 4.79 Å². The Morgan fingerprint density at radius 1 is 1.32 bits per heavy atom. The Hall–Kier alpha value is -0.970. The maximum absolute atomic E-state index is 12.4. The summed E-state index contributed by atoms with van der Waals surface area (Å²) < 4.78 is 5.55. The smallest absolute Gasteiger partial charge is 0.256 e. The van der Waals surface area contributed by atoms with Crippen LogP contribution in [0, 0.1) is 31.6 Å². The van der Waals surface area contributed by atoms with Crippen LogP contribution in [0.25, 0.3) is 0 Å². The summed E-state index contributed by atoms with van der Waals surface area (Å²) in [7, 11) is 0. The standard InChI is InChI=1S/C17H26N2O2S/c1-9-11(3)21-17(19-9)22-12(4)16(20)18-10(2)15-8-13-5-6-14(15)7-13/h10,12-15H,5-8H2,1-4H3,(H,18,20)/t10-,12+,13-,14-,15-/m0/s1. The first-order valence-corrected chi connectivity index (χ1v) is 9.23. The van der Waals surface area contributed by atoms with E-state index in [0.29, 0.717) is 11.1 Å². The Balaban J connectivity index is 1.52. The number of hydrogen-bond donors (Lipinski definition) is 1. The van der Waals surface area contributed by atoms with Gasteiger partial charge in [0.2, 0.25) is 5.91 Å². The molecule has 2 aliphatic rings. The number of fused-ring (bicyclic) bond motifs is 2. The molecule has 0 saturated heterocycles. The molecule has 5 atom stereocenters. The van der Waals surface area contributed by atoms with E-state index in [9.17, 15) is 4.79 Å². The lowest BCUT2D eigenvalue weighted by atomic mass is 9.84. The molecule has 122 valence electrons. The second-order valence-electron chi connectivity index (χ2n) is 7.02. The van der Waals surface area contributed by atoms with Gasteiger partial charge in [0, 0.05) is 6.04 Å². The van der Waals surface area contributed by atoms with Crippen LogP contribution < -0.4 is 5.32 Å². The number of hydrogen-bond acceptors (Lipinski definition) is 4. The number of carbonyl (C=O) groups excluding carboxylic acids is 1. The van der Waals surface area contributed by atoms with Gasteiger partial charge in [-0.25, -0.2) is 4.98 Å². The first-order valence-electron chi connectivity index (χ1n) is 8.35. The van der Waals surface area contributed by atoms with E-state index in [0.717, 1.165) is 23.3 Å². The monoisotopic (exact) mass is 322 g/mol. The molecule has 1 amide bonds. The zero-order valence-electron chi connectivity index (χ0n) is 13.9. The zero-order chi connectivity index (χ0) is 15.9. The van der Waals surface area contributed by atoms with Gasteiger partial charge in [-0.15, -0.1) is 0 Å². The Labute approximate surface area is 136 Å². The van der Waals surface area contributed by atoms with Crippen molar-refractivity contribution in [3.8, 4) is 0 Å². The zero-order valence-corrected chi connectivity index (χ0v) is 14.7. The number of oxazole rings is 1. The Kier molecular flexibility index (Phi) is 4.53. The largest absolute Gasteiger partial charge is 0.437 e. The summed E-state index contributed by atoms with van der Waals surface area (Å²) in [5.74, 6) is 3.34. The Morgan fingerprint density at radius 2 is 2.09 bits per heavy atom. The molecule has 1 N–H and O–H groups in total. The van der Waals surface area contributed by atoms with Gasteiger partial charge >= 0.3 is 0 Å². The van der Waals surface area contributed by atoms with Crippen molar-refractivity contribution in [2.75, 3.05) is 0 Å². The van der Waals surface area contributed by atoms with Crippen molar-refractivity contribution in [2.45, 2.75) is 69.9 Å².